The molecule has 0 bridgehead atoms. The van der Waals surface area contributed by atoms with Crippen molar-refractivity contribution in [2.45, 2.75) is 71.9 Å². The van der Waals surface area contributed by atoms with Crippen LogP contribution in [0.4, 0.5) is 15.3 Å². The van der Waals surface area contributed by atoms with Gasteiger partial charge >= 0.3 is 12.1 Å². The number of carbonyl (C=O) groups excluding carboxylic acids is 3. The molecule has 2 aromatic heterocycles. The second-order valence-electron chi connectivity index (χ2n) is 11.8. The maximum atomic E-state index is 13.4. The summed E-state index contributed by atoms with van der Waals surface area (Å²) in [4.78, 5) is 46.0. The standard InChI is InChI=1S/C33H42N6O4/c1-21-18-22(2)37-29-19-24(13-14-25(21)29)38-30(40)28(12-8-9-16-35-32(42)43-33(3,4)5)39-31(41)34-17-15-23-20-36-27-11-7-6-10-26(23)27/h6-7,10-11,13-14,18-20,28,36H,8-9,12,15-17H2,1-5H3,(H,35,42)(H,38,40)(H2,34,39,41). The number of amides is 4. The van der Waals surface area contributed by atoms with E-state index < -0.39 is 23.8 Å². The van der Waals surface area contributed by atoms with Crippen LogP contribution < -0.4 is 21.3 Å². The number of rotatable bonds is 11. The molecule has 0 aliphatic carbocycles. The number of aryl methyl sites for hydroxylation is 2. The van der Waals surface area contributed by atoms with Gasteiger partial charge in [-0.2, -0.15) is 0 Å². The van der Waals surface area contributed by atoms with Gasteiger partial charge in [-0.05, 0) is 95.7 Å². The van der Waals surface area contributed by atoms with Crippen molar-refractivity contribution < 1.29 is 19.1 Å². The molecule has 0 spiro atoms. The topological polar surface area (TPSA) is 137 Å². The molecular formula is C33H42N6O4. The van der Waals surface area contributed by atoms with E-state index in [9.17, 15) is 14.4 Å². The number of alkyl carbamates (subject to hydrolysis) is 1. The van der Waals surface area contributed by atoms with Crippen LogP contribution in [0.3, 0.4) is 0 Å². The number of benzene rings is 2. The van der Waals surface area contributed by atoms with Crippen molar-refractivity contribution in [2.24, 2.45) is 0 Å². The summed E-state index contributed by atoms with van der Waals surface area (Å²) in [5.74, 6) is -0.324. The van der Waals surface area contributed by atoms with Gasteiger partial charge < -0.3 is 31.0 Å². The number of nitrogens with one attached hydrogen (secondary N) is 5. The monoisotopic (exact) mass is 586 g/mol. The number of para-hydroxylation sites is 1. The predicted octanol–water partition coefficient (Wildman–Crippen LogP) is 5.88. The van der Waals surface area contributed by atoms with E-state index in [0.29, 0.717) is 44.5 Å². The summed E-state index contributed by atoms with van der Waals surface area (Å²) in [5, 5.41) is 13.5. The van der Waals surface area contributed by atoms with Crippen LogP contribution in [0.2, 0.25) is 0 Å². The largest absolute Gasteiger partial charge is 0.444 e. The summed E-state index contributed by atoms with van der Waals surface area (Å²) < 4.78 is 5.27. The zero-order chi connectivity index (χ0) is 31.0. The minimum absolute atomic E-state index is 0.324. The van der Waals surface area contributed by atoms with Gasteiger partial charge in [-0.1, -0.05) is 24.3 Å². The molecule has 4 aromatic rings. The molecule has 2 heterocycles. The van der Waals surface area contributed by atoms with E-state index in [4.69, 9.17) is 4.74 Å². The molecule has 0 saturated carbocycles. The van der Waals surface area contributed by atoms with E-state index >= 15 is 0 Å². The molecule has 0 saturated heterocycles. The predicted molar refractivity (Wildman–Crippen MR) is 170 cm³/mol. The fourth-order valence-corrected chi connectivity index (χ4v) is 4.98. The number of pyridine rings is 1. The summed E-state index contributed by atoms with van der Waals surface area (Å²) in [7, 11) is 0. The molecule has 0 radical (unpaired) electrons. The first-order valence-corrected chi connectivity index (χ1v) is 14.7. The van der Waals surface area contributed by atoms with Crippen LogP contribution >= 0.6 is 0 Å². The van der Waals surface area contributed by atoms with Gasteiger partial charge in [0.05, 0.1) is 5.52 Å². The first-order valence-electron chi connectivity index (χ1n) is 14.7. The van der Waals surface area contributed by atoms with Crippen molar-refractivity contribution in [1.82, 2.24) is 25.9 Å². The fourth-order valence-electron chi connectivity index (χ4n) is 4.98. The smallest absolute Gasteiger partial charge is 0.407 e. The fraction of sp³-hybridized carbons (Fsp3) is 0.394. The normalized spacial score (nSPS) is 12.1. The molecule has 1 unspecified atom stereocenters. The van der Waals surface area contributed by atoms with Crippen LogP contribution in [0.1, 0.15) is 56.9 Å². The number of urea groups is 1. The van der Waals surface area contributed by atoms with Crippen molar-refractivity contribution >= 4 is 45.5 Å². The number of aromatic amines is 1. The number of H-pyrrole nitrogens is 1. The first-order chi connectivity index (χ1) is 20.5. The van der Waals surface area contributed by atoms with Crippen molar-refractivity contribution in [3.05, 3.63) is 71.5 Å². The van der Waals surface area contributed by atoms with E-state index in [0.717, 1.165) is 38.6 Å². The van der Waals surface area contributed by atoms with Gasteiger partial charge in [0.2, 0.25) is 5.91 Å². The molecule has 10 nitrogen and oxygen atoms in total. The highest BCUT2D eigenvalue weighted by Crippen LogP contribution is 2.22. The minimum atomic E-state index is -0.780. The Morgan fingerprint density at radius 1 is 0.953 bits per heavy atom. The molecule has 0 aliphatic heterocycles. The van der Waals surface area contributed by atoms with Crippen LogP contribution in [0.25, 0.3) is 21.8 Å². The van der Waals surface area contributed by atoms with Gasteiger partial charge in [0, 0.05) is 47.0 Å². The van der Waals surface area contributed by atoms with Gasteiger partial charge in [0.15, 0.2) is 0 Å². The summed E-state index contributed by atoms with van der Waals surface area (Å²) in [6, 6.07) is 14.5. The molecule has 4 rings (SSSR count). The Morgan fingerprint density at radius 2 is 1.74 bits per heavy atom. The third kappa shape index (κ3) is 9.19. The molecule has 2 aromatic carbocycles. The highest BCUT2D eigenvalue weighted by Gasteiger charge is 2.21. The van der Waals surface area contributed by atoms with E-state index in [-0.39, 0.29) is 5.91 Å². The number of unbranched alkanes of at least 4 members (excludes halogenated alkanes) is 1. The number of hydrogen-bond donors (Lipinski definition) is 5. The molecule has 0 fully saturated rings. The van der Waals surface area contributed by atoms with Crippen LogP contribution in [0, 0.1) is 13.8 Å². The van der Waals surface area contributed by atoms with Crippen molar-refractivity contribution in [3.8, 4) is 0 Å². The van der Waals surface area contributed by atoms with E-state index in [1.807, 2.05) is 68.6 Å². The molecule has 4 amide bonds. The Hall–Kier alpha value is -4.60. The van der Waals surface area contributed by atoms with Gasteiger partial charge in [0.25, 0.3) is 0 Å². The summed E-state index contributed by atoms with van der Waals surface area (Å²) in [6.07, 6.45) is 3.72. The van der Waals surface area contributed by atoms with Crippen LogP contribution in [0.15, 0.2) is 54.7 Å². The summed E-state index contributed by atoms with van der Waals surface area (Å²) in [6.45, 7) is 10.2. The Kier molecular flexibility index (Phi) is 10.2. The lowest BCUT2D eigenvalue weighted by Crippen LogP contribution is -2.48. The lowest BCUT2D eigenvalue weighted by molar-refractivity contribution is -0.118. The van der Waals surface area contributed by atoms with Crippen LogP contribution in [-0.2, 0) is 16.0 Å². The van der Waals surface area contributed by atoms with Gasteiger partial charge in [-0.25, -0.2) is 9.59 Å². The molecule has 5 N–H and O–H groups in total. The quantitative estimate of drug-likeness (QED) is 0.140. The maximum Gasteiger partial charge on any atom is 0.407 e. The number of aromatic nitrogens is 2. The Balaban J connectivity index is 1.35. The van der Waals surface area contributed by atoms with E-state index in [2.05, 4.69) is 31.2 Å². The average molecular weight is 587 g/mol. The number of hydrogen-bond acceptors (Lipinski definition) is 5. The highest BCUT2D eigenvalue weighted by atomic mass is 16.6. The summed E-state index contributed by atoms with van der Waals surface area (Å²) in [5.41, 5.74) is 5.00. The Morgan fingerprint density at radius 3 is 2.53 bits per heavy atom. The molecular weight excluding hydrogens is 544 g/mol. The van der Waals surface area contributed by atoms with E-state index in [1.165, 1.54) is 0 Å². The van der Waals surface area contributed by atoms with Gasteiger partial charge in [-0.15, -0.1) is 0 Å². The number of nitrogens with zero attached hydrogens (tertiary/aromatic N) is 1. The lowest BCUT2D eigenvalue weighted by atomic mass is 10.1. The number of anilines is 1. The van der Waals surface area contributed by atoms with Crippen LogP contribution in [-0.4, -0.2) is 52.7 Å². The number of fused-ring (bicyclic) bond motifs is 2. The SMILES string of the molecule is Cc1cc(C)c2ccc(NC(=O)C(CCCCNC(=O)OC(C)(C)C)NC(=O)NCCc3c[nH]c4ccccc34)cc2n1. The molecule has 0 aliphatic rings. The number of ether oxygens (including phenoxy) is 1. The van der Waals surface area contributed by atoms with E-state index in [1.54, 1.807) is 20.8 Å². The van der Waals surface area contributed by atoms with Gasteiger partial charge in [-0.3, -0.25) is 9.78 Å². The zero-order valence-electron chi connectivity index (χ0n) is 25.6. The third-order valence-corrected chi connectivity index (χ3v) is 6.98. The molecule has 43 heavy (non-hydrogen) atoms. The summed E-state index contributed by atoms with van der Waals surface area (Å²) >= 11 is 0. The second kappa shape index (κ2) is 14.0. The molecule has 228 valence electrons. The van der Waals surface area contributed by atoms with Crippen LogP contribution in [0.5, 0.6) is 0 Å². The zero-order valence-corrected chi connectivity index (χ0v) is 25.6. The van der Waals surface area contributed by atoms with Gasteiger partial charge in [0.1, 0.15) is 11.6 Å². The molecule has 1 atom stereocenters. The van der Waals surface area contributed by atoms with Crippen molar-refractivity contribution in [2.75, 3.05) is 18.4 Å². The first kappa shape index (κ1) is 31.3. The lowest BCUT2D eigenvalue weighted by Gasteiger charge is -2.20. The second-order valence-corrected chi connectivity index (χ2v) is 11.8. The Bertz CT molecular complexity index is 1590. The highest BCUT2D eigenvalue weighted by molar-refractivity contribution is 5.98. The Labute approximate surface area is 252 Å². The third-order valence-electron chi connectivity index (χ3n) is 6.98. The number of carbonyl (C=O) groups is 3. The average Bonchev–Trinajstić information content (AvgIpc) is 3.34. The van der Waals surface area contributed by atoms with Crippen molar-refractivity contribution in [1.29, 1.82) is 0 Å². The molecule has 10 heteroatoms. The minimum Gasteiger partial charge on any atom is -0.444 e. The maximum absolute atomic E-state index is 13.4. The van der Waals surface area contributed by atoms with Crippen molar-refractivity contribution in [3.63, 3.8) is 0 Å².